The van der Waals surface area contributed by atoms with E-state index in [-0.39, 0.29) is 36.7 Å². The third-order valence-electron chi connectivity index (χ3n) is 4.95. The lowest BCUT2D eigenvalue weighted by atomic mass is 10.1. The van der Waals surface area contributed by atoms with Crippen LogP contribution in [0.1, 0.15) is 37.8 Å². The molecule has 0 spiro atoms. The van der Waals surface area contributed by atoms with Crippen molar-refractivity contribution in [2.45, 2.75) is 39.5 Å². The second-order valence-corrected chi connectivity index (χ2v) is 7.86. The number of aliphatic hydroxyl groups excluding tert-OH is 2. The molecule has 1 aromatic carbocycles. The average Bonchev–Trinajstić information content (AvgIpc) is 3.06. The van der Waals surface area contributed by atoms with Crippen LogP contribution < -0.4 is 11.2 Å². The summed E-state index contributed by atoms with van der Waals surface area (Å²) in [6.07, 6.45) is -0.622. The summed E-state index contributed by atoms with van der Waals surface area (Å²) in [5.41, 5.74) is 0.359. The molecule has 156 valence electrons. The molecule has 9 heteroatoms. The Morgan fingerprint density at radius 2 is 1.79 bits per heavy atom. The van der Waals surface area contributed by atoms with E-state index in [0.29, 0.717) is 17.4 Å². The minimum Gasteiger partial charge on any atom is -0.396 e. The van der Waals surface area contributed by atoms with Crippen LogP contribution in [0.5, 0.6) is 0 Å². The molecule has 0 aliphatic rings. The number of halogens is 1. The van der Waals surface area contributed by atoms with Gasteiger partial charge in [-0.05, 0) is 30.0 Å². The molecular weight excluding hydrogens is 396 g/mol. The Morgan fingerprint density at radius 3 is 2.38 bits per heavy atom. The fraction of sp³-hybridized carbons (Fsp3) is 0.450. The van der Waals surface area contributed by atoms with Crippen LogP contribution in [0, 0.1) is 5.92 Å². The number of benzene rings is 1. The zero-order chi connectivity index (χ0) is 21.3. The van der Waals surface area contributed by atoms with Gasteiger partial charge in [0.2, 0.25) is 0 Å². The lowest BCUT2D eigenvalue weighted by Gasteiger charge is -2.16. The average molecular weight is 421 g/mol. The van der Waals surface area contributed by atoms with E-state index in [9.17, 15) is 14.7 Å². The molecule has 1 atom stereocenters. The third kappa shape index (κ3) is 4.01. The van der Waals surface area contributed by atoms with Crippen molar-refractivity contribution in [2.75, 3.05) is 6.61 Å². The minimum atomic E-state index is -0.907. The van der Waals surface area contributed by atoms with E-state index in [1.54, 1.807) is 23.7 Å². The number of hydrogen-bond acceptors (Lipinski definition) is 5. The van der Waals surface area contributed by atoms with Crippen molar-refractivity contribution >= 4 is 22.8 Å². The molecule has 0 aliphatic carbocycles. The zero-order valence-corrected chi connectivity index (χ0v) is 17.4. The number of aliphatic hydroxyl groups is 2. The maximum absolute atomic E-state index is 13.2. The van der Waals surface area contributed by atoms with Crippen molar-refractivity contribution in [1.82, 2.24) is 18.7 Å². The predicted molar refractivity (Wildman–Crippen MR) is 111 cm³/mol. The van der Waals surface area contributed by atoms with Gasteiger partial charge in [0.25, 0.3) is 5.56 Å². The van der Waals surface area contributed by atoms with Crippen LogP contribution in [-0.4, -0.2) is 35.5 Å². The van der Waals surface area contributed by atoms with E-state index in [1.807, 2.05) is 26.0 Å². The maximum atomic E-state index is 13.2. The smallest absolute Gasteiger partial charge is 0.332 e. The van der Waals surface area contributed by atoms with Gasteiger partial charge in [-0.25, -0.2) is 9.78 Å². The predicted octanol–water partition coefficient (Wildman–Crippen LogP) is 1.67. The molecule has 0 saturated heterocycles. The van der Waals surface area contributed by atoms with Crippen LogP contribution in [0.3, 0.4) is 0 Å². The fourth-order valence-electron chi connectivity index (χ4n) is 3.27. The normalized spacial score (nSPS) is 12.8. The molecule has 0 bridgehead atoms. The van der Waals surface area contributed by atoms with Crippen molar-refractivity contribution in [1.29, 1.82) is 0 Å². The number of fused-ring (bicyclic) bond motifs is 1. The Morgan fingerprint density at radius 1 is 1.14 bits per heavy atom. The van der Waals surface area contributed by atoms with E-state index in [4.69, 9.17) is 16.7 Å². The highest BCUT2D eigenvalue weighted by molar-refractivity contribution is 6.30. The van der Waals surface area contributed by atoms with Gasteiger partial charge in [-0.2, -0.15) is 0 Å². The first-order valence-corrected chi connectivity index (χ1v) is 9.87. The van der Waals surface area contributed by atoms with Crippen LogP contribution in [0.25, 0.3) is 11.2 Å². The number of aryl methyl sites for hydroxylation is 1. The Kier molecular flexibility index (Phi) is 6.26. The molecule has 2 aromatic heterocycles. The number of hydrogen-bond donors (Lipinski definition) is 2. The molecule has 1 unspecified atom stereocenters. The van der Waals surface area contributed by atoms with Crippen LogP contribution in [0.15, 0.2) is 33.9 Å². The Labute approximate surface area is 172 Å². The SMILES string of the molecule is CC(C)C(O)c1nc2c(c(=O)n(CCCO)c(=O)n2C)n1Cc1ccc(Cl)cc1. The molecule has 0 fully saturated rings. The lowest BCUT2D eigenvalue weighted by Crippen LogP contribution is -2.40. The Hall–Kier alpha value is -2.42. The molecule has 0 amide bonds. The van der Waals surface area contributed by atoms with E-state index in [0.717, 1.165) is 10.1 Å². The largest absolute Gasteiger partial charge is 0.396 e. The van der Waals surface area contributed by atoms with Crippen molar-refractivity contribution < 1.29 is 10.2 Å². The summed E-state index contributed by atoms with van der Waals surface area (Å²) in [6, 6.07) is 7.19. The molecule has 3 rings (SSSR count). The highest BCUT2D eigenvalue weighted by Gasteiger charge is 2.25. The van der Waals surface area contributed by atoms with E-state index in [2.05, 4.69) is 4.98 Å². The molecule has 2 N–H and O–H groups in total. The summed E-state index contributed by atoms with van der Waals surface area (Å²) < 4.78 is 4.08. The Bertz CT molecular complexity index is 1130. The molecular formula is C20H25ClN4O4. The molecule has 29 heavy (non-hydrogen) atoms. The number of aromatic nitrogens is 4. The molecule has 8 nitrogen and oxygen atoms in total. The van der Waals surface area contributed by atoms with Crippen molar-refractivity contribution in [3.63, 3.8) is 0 Å². The molecule has 0 saturated carbocycles. The first-order valence-electron chi connectivity index (χ1n) is 9.49. The van der Waals surface area contributed by atoms with Crippen LogP contribution in [0.4, 0.5) is 0 Å². The van der Waals surface area contributed by atoms with E-state index >= 15 is 0 Å². The lowest BCUT2D eigenvalue weighted by molar-refractivity contribution is 0.114. The van der Waals surface area contributed by atoms with Gasteiger partial charge in [-0.15, -0.1) is 0 Å². The zero-order valence-electron chi connectivity index (χ0n) is 16.7. The van der Waals surface area contributed by atoms with Gasteiger partial charge in [-0.3, -0.25) is 13.9 Å². The van der Waals surface area contributed by atoms with Crippen LogP contribution in [-0.2, 0) is 20.1 Å². The quantitative estimate of drug-likeness (QED) is 0.605. The summed E-state index contributed by atoms with van der Waals surface area (Å²) in [6.45, 7) is 3.98. The van der Waals surface area contributed by atoms with Gasteiger partial charge in [0, 0.05) is 31.8 Å². The van der Waals surface area contributed by atoms with Gasteiger partial charge < -0.3 is 14.8 Å². The summed E-state index contributed by atoms with van der Waals surface area (Å²) in [5.74, 6) is 0.196. The highest BCUT2D eigenvalue weighted by atomic mass is 35.5. The van der Waals surface area contributed by atoms with Crippen molar-refractivity contribution in [3.05, 3.63) is 61.5 Å². The molecule has 0 aliphatic heterocycles. The summed E-state index contributed by atoms with van der Waals surface area (Å²) in [4.78, 5) is 30.3. The third-order valence-corrected chi connectivity index (χ3v) is 5.20. The summed E-state index contributed by atoms with van der Waals surface area (Å²) in [5, 5.41) is 20.4. The van der Waals surface area contributed by atoms with Crippen LogP contribution in [0.2, 0.25) is 5.02 Å². The van der Waals surface area contributed by atoms with E-state index in [1.165, 1.54) is 4.57 Å². The van der Waals surface area contributed by atoms with Gasteiger partial charge in [0.05, 0.1) is 0 Å². The summed E-state index contributed by atoms with van der Waals surface area (Å²) in [7, 11) is 1.55. The van der Waals surface area contributed by atoms with Gasteiger partial charge >= 0.3 is 5.69 Å². The number of nitrogens with zero attached hydrogens (tertiary/aromatic N) is 4. The highest BCUT2D eigenvalue weighted by Crippen LogP contribution is 2.25. The molecule has 2 heterocycles. The maximum Gasteiger partial charge on any atom is 0.332 e. The second kappa shape index (κ2) is 8.52. The first-order chi connectivity index (χ1) is 13.8. The van der Waals surface area contributed by atoms with Crippen molar-refractivity contribution in [3.8, 4) is 0 Å². The fourth-order valence-corrected chi connectivity index (χ4v) is 3.40. The van der Waals surface area contributed by atoms with Gasteiger partial charge in [0.1, 0.15) is 11.9 Å². The van der Waals surface area contributed by atoms with Crippen molar-refractivity contribution in [2.24, 2.45) is 13.0 Å². The summed E-state index contributed by atoms with van der Waals surface area (Å²) >= 11 is 5.97. The minimum absolute atomic E-state index is 0.103. The first kappa shape index (κ1) is 21.3. The molecule has 3 aromatic rings. The molecule has 0 radical (unpaired) electrons. The Balaban J connectivity index is 2.30. The number of rotatable bonds is 7. The topological polar surface area (TPSA) is 102 Å². The standard InChI is InChI=1S/C20H25ClN4O4/c1-12(2)16(27)18-22-17-15(25(18)11-13-5-7-14(21)8-6-13)19(28)24(9-4-10-26)20(29)23(17)3/h5-8,12,16,26-27H,4,9-11H2,1-3H3. The van der Waals surface area contributed by atoms with Crippen LogP contribution >= 0.6 is 11.6 Å². The second-order valence-electron chi connectivity index (χ2n) is 7.42. The monoisotopic (exact) mass is 420 g/mol. The number of imidazole rings is 1. The van der Waals surface area contributed by atoms with Gasteiger partial charge in [0.15, 0.2) is 11.2 Å². The van der Waals surface area contributed by atoms with Gasteiger partial charge in [-0.1, -0.05) is 37.6 Å². The van der Waals surface area contributed by atoms with E-state index < -0.39 is 17.4 Å².